The van der Waals surface area contributed by atoms with E-state index in [1.807, 2.05) is 0 Å². The zero-order valence-corrected chi connectivity index (χ0v) is 12.2. The molecule has 0 saturated heterocycles. The highest BCUT2D eigenvalue weighted by atomic mass is 79.9. The Morgan fingerprint density at radius 2 is 1.83 bits per heavy atom. The molecule has 0 heterocycles. The Bertz CT molecular complexity index is 615. The minimum absolute atomic E-state index is 0.400. The van der Waals surface area contributed by atoms with Crippen LogP contribution in [0.2, 0.25) is 0 Å². The molecule has 0 fully saturated rings. The van der Waals surface area contributed by atoms with Crippen LogP contribution in [-0.2, 0) is 0 Å². The highest BCUT2D eigenvalue weighted by molar-refractivity contribution is 9.10. The van der Waals surface area contributed by atoms with E-state index in [0.29, 0.717) is 5.92 Å². The van der Waals surface area contributed by atoms with Crippen LogP contribution >= 0.6 is 15.9 Å². The van der Waals surface area contributed by atoms with E-state index < -0.39 is 0 Å². The Hall–Kier alpha value is -1.34. The lowest BCUT2D eigenvalue weighted by Gasteiger charge is -2.14. The molecule has 1 heteroatoms. The molecule has 1 aliphatic carbocycles. The van der Waals surface area contributed by atoms with Crippen LogP contribution in [0.15, 0.2) is 46.9 Å². The Balaban J connectivity index is 2.11. The Kier molecular flexibility index (Phi) is 2.87. The summed E-state index contributed by atoms with van der Waals surface area (Å²) >= 11 is 3.66. The Morgan fingerprint density at radius 3 is 2.61 bits per heavy atom. The Morgan fingerprint density at radius 1 is 1.06 bits per heavy atom. The van der Waals surface area contributed by atoms with Crippen LogP contribution in [0.5, 0.6) is 0 Å². The number of hydrogen-bond donors (Lipinski definition) is 0. The summed E-state index contributed by atoms with van der Waals surface area (Å²) in [4.78, 5) is 0. The van der Waals surface area contributed by atoms with E-state index in [2.05, 4.69) is 78.3 Å². The summed E-state index contributed by atoms with van der Waals surface area (Å²) < 4.78 is 1.20. The summed E-state index contributed by atoms with van der Waals surface area (Å²) in [7, 11) is 0. The van der Waals surface area contributed by atoms with Crippen molar-refractivity contribution in [2.75, 3.05) is 0 Å². The van der Waals surface area contributed by atoms with Crippen molar-refractivity contribution in [3.05, 3.63) is 74.8 Å². The second-order valence-electron chi connectivity index (χ2n) is 4.91. The standard InChI is InChI=1S/C17H15Br/c1-11-9-14(10-17(18)12(11)2)16-8-7-13-5-3-4-6-15(13)16/h3-10,16H,1-2H3. The summed E-state index contributed by atoms with van der Waals surface area (Å²) in [5, 5.41) is 0. The molecule has 18 heavy (non-hydrogen) atoms. The lowest BCUT2D eigenvalue weighted by atomic mass is 9.91. The van der Waals surface area contributed by atoms with Gasteiger partial charge in [-0.15, -0.1) is 0 Å². The smallest absolute Gasteiger partial charge is 0.0279 e. The number of rotatable bonds is 1. The average molecular weight is 299 g/mol. The average Bonchev–Trinajstić information content (AvgIpc) is 2.79. The van der Waals surface area contributed by atoms with Crippen LogP contribution in [0.25, 0.3) is 6.08 Å². The predicted octanol–water partition coefficient (Wildman–Crippen LogP) is 5.22. The first kappa shape index (κ1) is 11.7. The summed E-state index contributed by atoms with van der Waals surface area (Å²) in [6.07, 6.45) is 4.52. The van der Waals surface area contributed by atoms with E-state index in [0.717, 1.165) is 0 Å². The molecule has 1 unspecified atom stereocenters. The van der Waals surface area contributed by atoms with Crippen molar-refractivity contribution in [1.82, 2.24) is 0 Å². The van der Waals surface area contributed by atoms with Gasteiger partial charge in [-0.3, -0.25) is 0 Å². The molecule has 2 aromatic rings. The van der Waals surface area contributed by atoms with Crippen molar-refractivity contribution in [3.8, 4) is 0 Å². The molecule has 2 aromatic carbocycles. The van der Waals surface area contributed by atoms with Crippen LogP contribution in [0.4, 0.5) is 0 Å². The number of hydrogen-bond acceptors (Lipinski definition) is 0. The minimum atomic E-state index is 0.400. The molecule has 0 amide bonds. The molecule has 1 atom stereocenters. The molecule has 90 valence electrons. The maximum atomic E-state index is 3.66. The Labute approximate surface area is 116 Å². The van der Waals surface area contributed by atoms with Gasteiger partial charge in [0.15, 0.2) is 0 Å². The zero-order chi connectivity index (χ0) is 12.7. The van der Waals surface area contributed by atoms with Gasteiger partial charge in [-0.1, -0.05) is 58.4 Å². The van der Waals surface area contributed by atoms with E-state index >= 15 is 0 Å². The highest BCUT2D eigenvalue weighted by Gasteiger charge is 2.19. The first-order valence-corrected chi connectivity index (χ1v) is 7.00. The van der Waals surface area contributed by atoms with Crippen molar-refractivity contribution >= 4 is 22.0 Å². The van der Waals surface area contributed by atoms with Gasteiger partial charge in [0.25, 0.3) is 0 Å². The van der Waals surface area contributed by atoms with Gasteiger partial charge >= 0.3 is 0 Å². The number of benzene rings is 2. The van der Waals surface area contributed by atoms with Crippen molar-refractivity contribution < 1.29 is 0 Å². The van der Waals surface area contributed by atoms with Crippen LogP contribution in [0, 0.1) is 13.8 Å². The van der Waals surface area contributed by atoms with Crippen molar-refractivity contribution in [1.29, 1.82) is 0 Å². The third-order valence-electron chi connectivity index (χ3n) is 3.78. The fourth-order valence-corrected chi connectivity index (χ4v) is 3.14. The molecule has 0 radical (unpaired) electrons. The maximum Gasteiger partial charge on any atom is 0.0279 e. The van der Waals surface area contributed by atoms with Gasteiger partial charge in [-0.05, 0) is 47.7 Å². The largest absolute Gasteiger partial charge is 0.0720 e. The van der Waals surface area contributed by atoms with Gasteiger partial charge in [0.05, 0.1) is 0 Å². The zero-order valence-electron chi connectivity index (χ0n) is 10.6. The van der Waals surface area contributed by atoms with Gasteiger partial charge in [-0.25, -0.2) is 0 Å². The fourth-order valence-electron chi connectivity index (χ4n) is 2.56. The lowest BCUT2D eigenvalue weighted by Crippen LogP contribution is -1.97. The number of aryl methyl sites for hydroxylation is 1. The normalized spacial score (nSPS) is 16.9. The molecular formula is C17H15Br. The number of fused-ring (bicyclic) bond motifs is 1. The molecule has 0 spiro atoms. The number of allylic oxidation sites excluding steroid dienone is 1. The van der Waals surface area contributed by atoms with Crippen LogP contribution < -0.4 is 0 Å². The van der Waals surface area contributed by atoms with Gasteiger partial charge < -0.3 is 0 Å². The molecule has 0 saturated carbocycles. The minimum Gasteiger partial charge on any atom is -0.0720 e. The highest BCUT2D eigenvalue weighted by Crippen LogP contribution is 2.37. The predicted molar refractivity (Wildman–Crippen MR) is 80.9 cm³/mol. The summed E-state index contributed by atoms with van der Waals surface area (Å²) in [6.45, 7) is 4.33. The molecule has 0 N–H and O–H groups in total. The second kappa shape index (κ2) is 4.40. The SMILES string of the molecule is Cc1cc(C2C=Cc3ccccc32)cc(Br)c1C. The summed E-state index contributed by atoms with van der Waals surface area (Å²) in [5.41, 5.74) is 6.79. The third kappa shape index (κ3) is 1.83. The van der Waals surface area contributed by atoms with Crippen LogP contribution in [0.3, 0.4) is 0 Å². The second-order valence-corrected chi connectivity index (χ2v) is 5.76. The molecule has 3 rings (SSSR count). The first-order chi connectivity index (χ1) is 8.66. The first-order valence-electron chi connectivity index (χ1n) is 6.20. The molecule has 0 aliphatic heterocycles. The van der Waals surface area contributed by atoms with Crippen LogP contribution in [-0.4, -0.2) is 0 Å². The van der Waals surface area contributed by atoms with E-state index in [4.69, 9.17) is 0 Å². The topological polar surface area (TPSA) is 0 Å². The van der Waals surface area contributed by atoms with E-state index in [-0.39, 0.29) is 0 Å². The van der Waals surface area contributed by atoms with E-state index in [1.165, 1.54) is 32.3 Å². The third-order valence-corrected chi connectivity index (χ3v) is 4.61. The lowest BCUT2D eigenvalue weighted by molar-refractivity contribution is 1.04. The molecule has 0 nitrogen and oxygen atoms in total. The van der Waals surface area contributed by atoms with Crippen molar-refractivity contribution in [3.63, 3.8) is 0 Å². The quantitative estimate of drug-likeness (QED) is 0.677. The van der Waals surface area contributed by atoms with Crippen molar-refractivity contribution in [2.24, 2.45) is 0 Å². The van der Waals surface area contributed by atoms with Crippen molar-refractivity contribution in [2.45, 2.75) is 19.8 Å². The van der Waals surface area contributed by atoms with E-state index in [1.54, 1.807) is 0 Å². The molecule has 0 aromatic heterocycles. The molecular weight excluding hydrogens is 284 g/mol. The maximum absolute atomic E-state index is 3.66. The van der Waals surface area contributed by atoms with Gasteiger partial charge in [0.2, 0.25) is 0 Å². The summed E-state index contributed by atoms with van der Waals surface area (Å²) in [6, 6.07) is 13.2. The monoisotopic (exact) mass is 298 g/mol. The van der Waals surface area contributed by atoms with E-state index in [9.17, 15) is 0 Å². The van der Waals surface area contributed by atoms with Gasteiger partial charge in [0, 0.05) is 10.4 Å². The van der Waals surface area contributed by atoms with Gasteiger partial charge in [0.1, 0.15) is 0 Å². The van der Waals surface area contributed by atoms with Gasteiger partial charge in [-0.2, -0.15) is 0 Å². The van der Waals surface area contributed by atoms with Crippen LogP contribution in [0.1, 0.15) is 33.7 Å². The molecule has 1 aliphatic rings. The number of halogens is 1. The fraction of sp³-hybridized carbons (Fsp3) is 0.176. The summed E-state index contributed by atoms with van der Waals surface area (Å²) in [5.74, 6) is 0.400. The molecule has 0 bridgehead atoms.